The van der Waals surface area contributed by atoms with E-state index >= 15 is 0 Å². The maximum Gasteiger partial charge on any atom is 0.394 e. The van der Waals surface area contributed by atoms with E-state index in [2.05, 4.69) is 15.5 Å². The second kappa shape index (κ2) is 9.72. The number of halogens is 4. The Morgan fingerprint density at radius 2 is 1.83 bits per heavy atom. The second-order valence-corrected chi connectivity index (χ2v) is 7.82. The highest BCUT2D eigenvalue weighted by atomic mass is 19.4. The predicted octanol–water partition coefficient (Wildman–Crippen LogP) is 3.67. The summed E-state index contributed by atoms with van der Waals surface area (Å²) in [6, 6.07) is 9.11. The van der Waals surface area contributed by atoms with Crippen LogP contribution < -0.4 is 21.5 Å². The third-order valence-corrected chi connectivity index (χ3v) is 5.76. The molecule has 2 aromatic carbocycles. The van der Waals surface area contributed by atoms with Crippen LogP contribution in [0.3, 0.4) is 0 Å². The smallest absolute Gasteiger partial charge is 0.394 e. The van der Waals surface area contributed by atoms with Crippen LogP contribution in [0.5, 0.6) is 5.75 Å². The monoisotopic (exact) mass is 493 g/mol. The summed E-state index contributed by atoms with van der Waals surface area (Å²) in [5.41, 5.74) is 8.83. The second-order valence-electron chi connectivity index (χ2n) is 7.82. The van der Waals surface area contributed by atoms with Crippen molar-refractivity contribution in [1.82, 2.24) is 5.32 Å². The Kier molecular flexibility index (Phi) is 7.13. The Balaban J connectivity index is 1.92. The van der Waals surface area contributed by atoms with Gasteiger partial charge in [0.1, 0.15) is 11.6 Å². The molecule has 0 aliphatic carbocycles. The Labute approximate surface area is 198 Å². The zero-order valence-electron chi connectivity index (χ0n) is 18.8. The number of nitrogens with one attached hydrogen (secondary N) is 1. The quantitative estimate of drug-likeness (QED) is 0.484. The van der Waals surface area contributed by atoms with E-state index in [1.807, 2.05) is 0 Å². The van der Waals surface area contributed by atoms with Crippen LogP contribution in [-0.2, 0) is 16.9 Å². The Hall–Kier alpha value is -3.96. The van der Waals surface area contributed by atoms with Crippen molar-refractivity contribution in [3.05, 3.63) is 76.4 Å². The number of benzene rings is 2. The number of ether oxygens (including phenoxy) is 1. The topological polar surface area (TPSA) is 132 Å². The summed E-state index contributed by atoms with van der Waals surface area (Å²) >= 11 is 0. The lowest BCUT2D eigenvalue weighted by molar-refractivity contribution is -0.191. The Morgan fingerprint density at radius 3 is 2.37 bits per heavy atom. The summed E-state index contributed by atoms with van der Waals surface area (Å²) in [5.74, 6) is -4.80. The maximum atomic E-state index is 14.0. The lowest BCUT2D eigenvalue weighted by atomic mass is 9.71. The average molecular weight is 493 g/mol. The van der Waals surface area contributed by atoms with E-state index in [0.717, 1.165) is 12.1 Å². The molecule has 186 valence electrons. The summed E-state index contributed by atoms with van der Waals surface area (Å²) in [6.07, 6.45) is -5.16. The van der Waals surface area contributed by atoms with Crippen LogP contribution in [0.25, 0.3) is 0 Å². The van der Waals surface area contributed by atoms with Gasteiger partial charge in [-0.25, -0.2) is 4.39 Å². The normalized spacial score (nSPS) is 18.5. The van der Waals surface area contributed by atoms with Gasteiger partial charge in [0, 0.05) is 6.54 Å². The molecule has 2 atom stereocenters. The SMILES string of the molecule is CCC(C(F)(F)F)C1(c2ccc(CNC(=O)c3cc(F)ccc3OC)cc2)N=NC(N)=C1C(N)=O. The van der Waals surface area contributed by atoms with E-state index < -0.39 is 53.1 Å². The molecule has 0 saturated carbocycles. The molecular weight excluding hydrogens is 470 g/mol. The first-order chi connectivity index (χ1) is 16.4. The summed E-state index contributed by atoms with van der Waals surface area (Å²) in [5, 5.41) is 9.98. The Bertz CT molecular complexity index is 1190. The van der Waals surface area contributed by atoms with Crippen LogP contribution in [0.15, 0.2) is 64.1 Å². The molecule has 3 rings (SSSR count). The van der Waals surface area contributed by atoms with Crippen LogP contribution in [0.1, 0.15) is 34.8 Å². The molecule has 0 saturated heterocycles. The fourth-order valence-electron chi connectivity index (χ4n) is 4.16. The fourth-order valence-corrected chi connectivity index (χ4v) is 4.16. The van der Waals surface area contributed by atoms with Crippen LogP contribution in [0, 0.1) is 11.7 Å². The molecule has 2 aromatic rings. The van der Waals surface area contributed by atoms with Crippen molar-refractivity contribution >= 4 is 11.8 Å². The molecular formula is C23H23F4N5O3. The van der Waals surface area contributed by atoms with Crippen molar-refractivity contribution in [2.45, 2.75) is 31.6 Å². The third kappa shape index (κ3) is 4.81. The number of methoxy groups -OCH3 is 1. The minimum absolute atomic E-state index is 0.0153. The molecule has 1 heterocycles. The van der Waals surface area contributed by atoms with Gasteiger partial charge in [-0.3, -0.25) is 9.59 Å². The van der Waals surface area contributed by atoms with Gasteiger partial charge in [-0.15, -0.1) is 5.11 Å². The summed E-state index contributed by atoms with van der Waals surface area (Å²) < 4.78 is 60.6. The molecule has 0 fully saturated rings. The molecule has 0 bridgehead atoms. The predicted molar refractivity (Wildman–Crippen MR) is 117 cm³/mol. The van der Waals surface area contributed by atoms with E-state index in [4.69, 9.17) is 16.2 Å². The first kappa shape index (κ1) is 25.7. The lowest BCUT2D eigenvalue weighted by Crippen LogP contribution is -2.46. The van der Waals surface area contributed by atoms with Gasteiger partial charge in [-0.1, -0.05) is 31.2 Å². The maximum absolute atomic E-state index is 14.0. The first-order valence-corrected chi connectivity index (χ1v) is 10.5. The number of azo groups is 1. The lowest BCUT2D eigenvalue weighted by Gasteiger charge is -2.36. The number of amides is 2. The number of alkyl halides is 3. The van der Waals surface area contributed by atoms with Crippen LogP contribution in [-0.4, -0.2) is 25.1 Å². The summed E-state index contributed by atoms with van der Waals surface area (Å²) in [4.78, 5) is 24.6. The largest absolute Gasteiger partial charge is 0.496 e. The minimum atomic E-state index is -4.74. The standard InChI is InChI=1S/C23H23F4N5O3/c1-3-17(23(25,26)27)22(18(20(29)33)19(28)31-32-22)13-6-4-12(5-7-13)11-30-21(34)15-10-14(24)8-9-16(15)35-2/h4-10,17H,3,11,28H2,1-2H3,(H2,29,33)(H,30,34). The van der Waals surface area contributed by atoms with Crippen molar-refractivity contribution in [3.8, 4) is 5.75 Å². The molecule has 5 N–H and O–H groups in total. The zero-order chi connectivity index (χ0) is 26.0. The Morgan fingerprint density at radius 1 is 1.17 bits per heavy atom. The minimum Gasteiger partial charge on any atom is -0.496 e. The summed E-state index contributed by atoms with van der Waals surface area (Å²) in [6.45, 7) is 1.29. The van der Waals surface area contributed by atoms with Gasteiger partial charge < -0.3 is 21.5 Å². The van der Waals surface area contributed by atoms with Gasteiger partial charge in [0.15, 0.2) is 11.4 Å². The number of nitrogens with zero attached hydrogens (tertiary/aromatic N) is 2. The van der Waals surface area contributed by atoms with Crippen LogP contribution >= 0.6 is 0 Å². The van der Waals surface area contributed by atoms with E-state index in [9.17, 15) is 27.2 Å². The number of hydrogen-bond acceptors (Lipinski definition) is 6. The third-order valence-electron chi connectivity index (χ3n) is 5.76. The number of rotatable bonds is 8. The molecule has 0 radical (unpaired) electrons. The van der Waals surface area contributed by atoms with Gasteiger partial charge in [-0.2, -0.15) is 18.3 Å². The van der Waals surface area contributed by atoms with E-state index in [1.54, 1.807) is 0 Å². The molecule has 12 heteroatoms. The van der Waals surface area contributed by atoms with Crippen molar-refractivity contribution in [3.63, 3.8) is 0 Å². The molecule has 0 aromatic heterocycles. The van der Waals surface area contributed by atoms with Gasteiger partial charge >= 0.3 is 6.18 Å². The van der Waals surface area contributed by atoms with E-state index in [0.29, 0.717) is 5.56 Å². The highest BCUT2D eigenvalue weighted by molar-refractivity contribution is 5.97. The molecule has 2 amide bonds. The van der Waals surface area contributed by atoms with Gasteiger partial charge in [0.05, 0.1) is 24.2 Å². The molecule has 1 aliphatic rings. The average Bonchev–Trinajstić information content (AvgIpc) is 3.15. The number of carbonyl (C=O) groups excluding carboxylic acids is 2. The highest BCUT2D eigenvalue weighted by Gasteiger charge is 2.59. The number of nitrogens with two attached hydrogens (primary N) is 2. The molecule has 2 unspecified atom stereocenters. The van der Waals surface area contributed by atoms with Crippen LogP contribution in [0.4, 0.5) is 17.6 Å². The van der Waals surface area contributed by atoms with Gasteiger partial charge in [0.25, 0.3) is 11.8 Å². The fraction of sp³-hybridized carbons (Fsp3) is 0.304. The molecule has 35 heavy (non-hydrogen) atoms. The van der Waals surface area contributed by atoms with Crippen molar-refractivity contribution in [2.24, 2.45) is 27.6 Å². The molecule has 8 nitrogen and oxygen atoms in total. The summed E-state index contributed by atoms with van der Waals surface area (Å²) in [7, 11) is 1.34. The number of primary amides is 1. The molecule has 0 spiro atoms. The highest BCUT2D eigenvalue weighted by Crippen LogP contribution is 2.52. The zero-order valence-corrected chi connectivity index (χ0v) is 18.8. The van der Waals surface area contributed by atoms with Crippen molar-refractivity contribution < 1.29 is 31.9 Å². The van der Waals surface area contributed by atoms with Gasteiger partial charge in [0.2, 0.25) is 0 Å². The van der Waals surface area contributed by atoms with Crippen LogP contribution in [0.2, 0.25) is 0 Å². The van der Waals surface area contributed by atoms with E-state index in [1.165, 1.54) is 44.4 Å². The number of carbonyl (C=O) groups is 2. The van der Waals surface area contributed by atoms with E-state index in [-0.39, 0.29) is 23.4 Å². The van der Waals surface area contributed by atoms with Crippen molar-refractivity contribution in [1.29, 1.82) is 0 Å². The van der Waals surface area contributed by atoms with Gasteiger partial charge in [-0.05, 0) is 35.7 Å². The number of hydrogen-bond donors (Lipinski definition) is 3. The first-order valence-electron chi connectivity index (χ1n) is 10.5. The van der Waals surface area contributed by atoms with Crippen molar-refractivity contribution in [2.75, 3.05) is 7.11 Å². The molecule has 1 aliphatic heterocycles.